The van der Waals surface area contributed by atoms with Gasteiger partial charge >= 0.3 is 0 Å². The molecular formula is C17H16Cl2N2O2S. The predicted octanol–water partition coefficient (Wildman–Crippen LogP) is 4.55. The smallest absolute Gasteiger partial charge is 0.263 e. The van der Waals surface area contributed by atoms with Crippen LogP contribution in [0.1, 0.15) is 22.5 Å². The van der Waals surface area contributed by atoms with E-state index >= 15 is 0 Å². The van der Waals surface area contributed by atoms with Crippen molar-refractivity contribution in [2.75, 3.05) is 18.4 Å². The van der Waals surface area contributed by atoms with Gasteiger partial charge in [0.05, 0.1) is 10.8 Å². The van der Waals surface area contributed by atoms with Crippen molar-refractivity contribution in [3.63, 3.8) is 0 Å². The molecule has 126 valence electrons. The zero-order valence-corrected chi connectivity index (χ0v) is 15.1. The molecule has 1 saturated heterocycles. The topological polar surface area (TPSA) is 49.4 Å². The molecule has 2 heterocycles. The standard InChI is InChI=1S/C17H16Cl2N2O2S/c18-12-7-13(19)9-14(8-12)20-16(22)11-3-1-5-21(10-11)17(23)15-4-2-6-24-15/h2,4,6-9,11H,1,3,5,10H2,(H,20,22)/t11-/m1/s1. The van der Waals surface area contributed by atoms with E-state index in [0.29, 0.717) is 33.7 Å². The van der Waals surface area contributed by atoms with E-state index < -0.39 is 0 Å². The zero-order valence-electron chi connectivity index (χ0n) is 12.8. The summed E-state index contributed by atoms with van der Waals surface area (Å²) in [5.74, 6) is -0.356. The van der Waals surface area contributed by atoms with Gasteiger partial charge in [-0.05, 0) is 42.5 Å². The third-order valence-corrected chi connectivity index (χ3v) is 5.24. The number of thiophene rings is 1. The SMILES string of the molecule is O=C(Nc1cc(Cl)cc(Cl)c1)[C@@H]1CCCN(C(=O)c2cccs2)C1. The van der Waals surface area contributed by atoms with Gasteiger partial charge in [-0.25, -0.2) is 0 Å². The van der Waals surface area contributed by atoms with Crippen molar-refractivity contribution in [3.05, 3.63) is 50.6 Å². The number of nitrogens with zero attached hydrogens (tertiary/aromatic N) is 1. The second-order valence-corrected chi connectivity index (χ2v) is 7.54. The number of carbonyl (C=O) groups is 2. The van der Waals surface area contributed by atoms with Crippen molar-refractivity contribution >= 4 is 52.0 Å². The van der Waals surface area contributed by atoms with Gasteiger partial charge in [0, 0.05) is 28.8 Å². The maximum atomic E-state index is 12.5. The third-order valence-electron chi connectivity index (χ3n) is 3.94. The highest BCUT2D eigenvalue weighted by Crippen LogP contribution is 2.25. The fraction of sp³-hybridized carbons (Fsp3) is 0.294. The largest absolute Gasteiger partial charge is 0.337 e. The molecule has 1 aromatic heterocycles. The first-order valence-corrected chi connectivity index (χ1v) is 9.26. The summed E-state index contributed by atoms with van der Waals surface area (Å²) in [7, 11) is 0. The van der Waals surface area contributed by atoms with Crippen LogP contribution in [0, 0.1) is 5.92 Å². The first kappa shape index (κ1) is 17.3. The van der Waals surface area contributed by atoms with Gasteiger partial charge in [-0.2, -0.15) is 0 Å². The molecule has 1 aliphatic rings. The molecule has 0 spiro atoms. The van der Waals surface area contributed by atoms with E-state index in [-0.39, 0.29) is 17.7 Å². The lowest BCUT2D eigenvalue weighted by Crippen LogP contribution is -2.43. The molecular weight excluding hydrogens is 367 g/mol. The zero-order chi connectivity index (χ0) is 17.1. The molecule has 1 N–H and O–H groups in total. The summed E-state index contributed by atoms with van der Waals surface area (Å²) in [5.41, 5.74) is 0.569. The van der Waals surface area contributed by atoms with Gasteiger partial charge in [0.2, 0.25) is 5.91 Å². The number of piperidine rings is 1. The fourth-order valence-corrected chi connectivity index (χ4v) is 4.02. The van der Waals surface area contributed by atoms with Gasteiger partial charge in [-0.3, -0.25) is 9.59 Å². The number of anilines is 1. The number of hydrogen-bond donors (Lipinski definition) is 1. The van der Waals surface area contributed by atoms with Crippen molar-refractivity contribution in [2.24, 2.45) is 5.92 Å². The van der Waals surface area contributed by atoms with Crippen molar-refractivity contribution in [1.82, 2.24) is 4.90 Å². The Labute approximate surface area is 154 Å². The van der Waals surface area contributed by atoms with Crippen LogP contribution in [0.15, 0.2) is 35.7 Å². The van der Waals surface area contributed by atoms with Crippen LogP contribution in [-0.4, -0.2) is 29.8 Å². The van der Waals surface area contributed by atoms with E-state index in [0.717, 1.165) is 12.8 Å². The predicted molar refractivity (Wildman–Crippen MR) is 98.0 cm³/mol. The Kier molecular flexibility index (Phi) is 5.43. The summed E-state index contributed by atoms with van der Waals surface area (Å²) in [6.07, 6.45) is 1.57. The number of hydrogen-bond acceptors (Lipinski definition) is 3. The van der Waals surface area contributed by atoms with Gasteiger partial charge in [0.1, 0.15) is 0 Å². The van der Waals surface area contributed by atoms with Crippen LogP contribution in [-0.2, 0) is 4.79 Å². The molecule has 1 atom stereocenters. The van der Waals surface area contributed by atoms with Crippen molar-refractivity contribution in [1.29, 1.82) is 0 Å². The lowest BCUT2D eigenvalue weighted by atomic mass is 9.97. The molecule has 4 nitrogen and oxygen atoms in total. The van der Waals surface area contributed by atoms with Crippen LogP contribution in [0.2, 0.25) is 10.0 Å². The van der Waals surface area contributed by atoms with Crippen LogP contribution < -0.4 is 5.32 Å². The van der Waals surface area contributed by atoms with E-state index in [1.165, 1.54) is 11.3 Å². The Morgan fingerprint density at radius 2 is 1.96 bits per heavy atom. The lowest BCUT2D eigenvalue weighted by molar-refractivity contribution is -0.121. The summed E-state index contributed by atoms with van der Waals surface area (Å²) in [6, 6.07) is 8.59. The van der Waals surface area contributed by atoms with Crippen LogP contribution in [0.25, 0.3) is 0 Å². The van der Waals surface area contributed by atoms with E-state index in [1.54, 1.807) is 23.1 Å². The monoisotopic (exact) mass is 382 g/mol. The minimum Gasteiger partial charge on any atom is -0.337 e. The number of likely N-dealkylation sites (tertiary alicyclic amines) is 1. The molecule has 7 heteroatoms. The van der Waals surface area contributed by atoms with Crippen molar-refractivity contribution in [2.45, 2.75) is 12.8 Å². The molecule has 0 unspecified atom stereocenters. The Balaban J connectivity index is 1.65. The maximum absolute atomic E-state index is 12.5. The van der Waals surface area contributed by atoms with Crippen LogP contribution in [0.5, 0.6) is 0 Å². The van der Waals surface area contributed by atoms with Crippen molar-refractivity contribution in [3.8, 4) is 0 Å². The first-order chi connectivity index (χ1) is 11.5. The van der Waals surface area contributed by atoms with Gasteiger partial charge < -0.3 is 10.2 Å². The van der Waals surface area contributed by atoms with Gasteiger partial charge in [0.25, 0.3) is 5.91 Å². The number of carbonyl (C=O) groups excluding carboxylic acids is 2. The Morgan fingerprint density at radius 3 is 2.62 bits per heavy atom. The molecule has 0 bridgehead atoms. The summed E-state index contributed by atoms with van der Waals surface area (Å²) in [4.78, 5) is 27.4. The highest BCUT2D eigenvalue weighted by molar-refractivity contribution is 7.12. The molecule has 1 aliphatic heterocycles. The molecule has 2 aromatic rings. The van der Waals surface area contributed by atoms with E-state index in [2.05, 4.69) is 5.32 Å². The summed E-state index contributed by atoms with van der Waals surface area (Å²) in [6.45, 7) is 1.11. The lowest BCUT2D eigenvalue weighted by Gasteiger charge is -2.31. The van der Waals surface area contributed by atoms with E-state index in [4.69, 9.17) is 23.2 Å². The van der Waals surface area contributed by atoms with Gasteiger partial charge in [-0.1, -0.05) is 29.3 Å². The molecule has 2 amide bonds. The average Bonchev–Trinajstić information content (AvgIpc) is 3.07. The highest BCUT2D eigenvalue weighted by atomic mass is 35.5. The summed E-state index contributed by atoms with van der Waals surface area (Å²) in [5, 5.41) is 5.66. The molecule has 0 radical (unpaired) electrons. The Morgan fingerprint density at radius 1 is 1.21 bits per heavy atom. The third kappa shape index (κ3) is 4.09. The van der Waals surface area contributed by atoms with Crippen LogP contribution in [0.4, 0.5) is 5.69 Å². The van der Waals surface area contributed by atoms with Crippen molar-refractivity contribution < 1.29 is 9.59 Å². The Bertz CT molecular complexity index is 729. The number of halogens is 2. The number of amides is 2. The average molecular weight is 383 g/mol. The van der Waals surface area contributed by atoms with E-state index in [1.807, 2.05) is 17.5 Å². The van der Waals surface area contributed by atoms with E-state index in [9.17, 15) is 9.59 Å². The minimum atomic E-state index is -0.236. The second-order valence-electron chi connectivity index (χ2n) is 5.71. The molecule has 0 saturated carbocycles. The molecule has 3 rings (SSSR count). The summed E-state index contributed by atoms with van der Waals surface area (Å²) < 4.78 is 0. The summed E-state index contributed by atoms with van der Waals surface area (Å²) >= 11 is 13.3. The Hall–Kier alpha value is -1.56. The quantitative estimate of drug-likeness (QED) is 0.846. The maximum Gasteiger partial charge on any atom is 0.263 e. The van der Waals surface area contributed by atoms with Crippen LogP contribution in [0.3, 0.4) is 0 Å². The number of nitrogens with one attached hydrogen (secondary N) is 1. The highest BCUT2D eigenvalue weighted by Gasteiger charge is 2.29. The number of rotatable bonds is 3. The second kappa shape index (κ2) is 7.55. The van der Waals surface area contributed by atoms with Gasteiger partial charge in [0.15, 0.2) is 0 Å². The molecule has 1 aromatic carbocycles. The molecule has 0 aliphatic carbocycles. The van der Waals surface area contributed by atoms with Gasteiger partial charge in [-0.15, -0.1) is 11.3 Å². The fourth-order valence-electron chi connectivity index (χ4n) is 2.80. The van der Waals surface area contributed by atoms with Crippen LogP contribution >= 0.6 is 34.5 Å². The normalized spacial score (nSPS) is 17.6. The molecule has 1 fully saturated rings. The first-order valence-electron chi connectivity index (χ1n) is 7.62. The minimum absolute atomic E-state index is 0.00620. The number of benzene rings is 1. The molecule has 24 heavy (non-hydrogen) atoms.